The van der Waals surface area contributed by atoms with Crippen LogP contribution in [0.5, 0.6) is 0 Å². The van der Waals surface area contributed by atoms with E-state index in [0.29, 0.717) is 23.0 Å². The van der Waals surface area contributed by atoms with Crippen molar-refractivity contribution in [3.63, 3.8) is 0 Å². The molecule has 1 amide bonds. The molecule has 0 aromatic heterocycles. The molecule has 0 heterocycles. The summed E-state index contributed by atoms with van der Waals surface area (Å²) in [5.74, 6) is 0.436. The molecule has 0 radical (unpaired) electrons. The van der Waals surface area contributed by atoms with E-state index in [2.05, 4.69) is 5.32 Å². The average molecular weight is 317 g/mol. The van der Waals surface area contributed by atoms with Gasteiger partial charge in [-0.3, -0.25) is 4.79 Å². The largest absolute Gasteiger partial charge is 0.348 e. The topological polar surface area (TPSA) is 55.1 Å². The maximum Gasteiger partial charge on any atom is 0.251 e. The van der Waals surface area contributed by atoms with Gasteiger partial charge in [0.25, 0.3) is 5.91 Å². The zero-order valence-corrected chi connectivity index (χ0v) is 13.1. The van der Waals surface area contributed by atoms with Crippen molar-refractivity contribution in [1.29, 1.82) is 0 Å². The predicted octanol–water partition coefficient (Wildman–Crippen LogP) is 3.40. The molecule has 1 atom stereocenters. The number of amides is 1. The van der Waals surface area contributed by atoms with E-state index < -0.39 is 0 Å². The van der Waals surface area contributed by atoms with Gasteiger partial charge >= 0.3 is 0 Å². The molecule has 1 fully saturated rings. The first kappa shape index (κ1) is 17.3. The van der Waals surface area contributed by atoms with E-state index >= 15 is 0 Å². The third-order valence-electron chi connectivity index (χ3n) is 3.88. The van der Waals surface area contributed by atoms with Crippen molar-refractivity contribution in [2.24, 2.45) is 11.7 Å². The van der Waals surface area contributed by atoms with E-state index in [1.807, 2.05) is 0 Å². The molecule has 0 aliphatic heterocycles. The normalized spacial score (nSPS) is 17.1. The number of hydrogen-bond acceptors (Lipinski definition) is 2. The van der Waals surface area contributed by atoms with Crippen molar-refractivity contribution in [3.8, 4) is 0 Å². The first-order valence-corrected chi connectivity index (χ1v) is 7.35. The molecule has 20 heavy (non-hydrogen) atoms. The number of halogens is 2. The van der Waals surface area contributed by atoms with Crippen LogP contribution in [0.15, 0.2) is 24.3 Å². The van der Waals surface area contributed by atoms with Crippen molar-refractivity contribution >= 4 is 29.9 Å². The van der Waals surface area contributed by atoms with Crippen LogP contribution >= 0.6 is 24.0 Å². The second-order valence-electron chi connectivity index (χ2n) is 5.22. The number of rotatable bonds is 4. The molecule has 0 saturated heterocycles. The van der Waals surface area contributed by atoms with Crippen LogP contribution in [-0.2, 0) is 0 Å². The summed E-state index contributed by atoms with van der Waals surface area (Å²) in [5.41, 5.74) is 6.42. The molecule has 2 rings (SSSR count). The first-order valence-electron chi connectivity index (χ1n) is 6.97. The fourth-order valence-corrected chi connectivity index (χ4v) is 2.98. The Kier molecular flexibility index (Phi) is 7.35. The van der Waals surface area contributed by atoms with Crippen molar-refractivity contribution in [3.05, 3.63) is 34.9 Å². The van der Waals surface area contributed by atoms with Gasteiger partial charge in [0.1, 0.15) is 0 Å². The van der Waals surface area contributed by atoms with Gasteiger partial charge in [-0.05, 0) is 37.0 Å². The minimum atomic E-state index is -0.0801. The summed E-state index contributed by atoms with van der Waals surface area (Å²) in [6, 6.07) is 7.09. The minimum absolute atomic E-state index is 0. The molecule has 0 bridgehead atoms. The molecule has 1 aromatic carbocycles. The van der Waals surface area contributed by atoms with Crippen molar-refractivity contribution in [1.82, 2.24) is 5.32 Å². The molecule has 1 unspecified atom stereocenters. The molecule has 1 aromatic rings. The van der Waals surface area contributed by atoms with Crippen molar-refractivity contribution in [2.75, 3.05) is 6.54 Å². The summed E-state index contributed by atoms with van der Waals surface area (Å²) in [5, 5.41) is 3.64. The number of carbonyl (C=O) groups excluding carboxylic acids is 1. The summed E-state index contributed by atoms with van der Waals surface area (Å²) in [6.45, 7) is 0.497. The Morgan fingerprint density at radius 2 is 2.05 bits per heavy atom. The third kappa shape index (κ3) is 4.65. The molecule has 1 aliphatic rings. The quantitative estimate of drug-likeness (QED) is 0.894. The number of nitrogens with one attached hydrogen (secondary N) is 1. The minimum Gasteiger partial charge on any atom is -0.348 e. The Bertz CT molecular complexity index is 434. The van der Waals surface area contributed by atoms with Crippen LogP contribution in [0, 0.1) is 5.92 Å². The Labute approximate surface area is 131 Å². The Hall–Kier alpha value is -0.770. The van der Waals surface area contributed by atoms with Gasteiger partial charge in [0.2, 0.25) is 0 Å². The molecule has 3 nitrogen and oxygen atoms in total. The number of carbonyl (C=O) groups is 1. The van der Waals surface area contributed by atoms with Gasteiger partial charge in [-0.1, -0.05) is 36.9 Å². The number of benzene rings is 1. The standard InChI is InChI=1S/C15H21ClN2O.ClH/c16-13-8-4-7-12(9-13)15(19)18-14(10-17)11-5-2-1-3-6-11;/h4,7-9,11,14H,1-3,5-6,10,17H2,(H,18,19);1H. The summed E-state index contributed by atoms with van der Waals surface area (Å²) >= 11 is 5.90. The lowest BCUT2D eigenvalue weighted by Crippen LogP contribution is -2.45. The highest BCUT2D eigenvalue weighted by molar-refractivity contribution is 6.30. The van der Waals surface area contributed by atoms with Crippen LogP contribution < -0.4 is 11.1 Å². The molecule has 3 N–H and O–H groups in total. The average Bonchev–Trinajstić information content (AvgIpc) is 2.45. The fraction of sp³-hybridized carbons (Fsp3) is 0.533. The van der Waals surface area contributed by atoms with Crippen LogP contribution in [0.3, 0.4) is 0 Å². The highest BCUT2D eigenvalue weighted by atomic mass is 35.5. The maximum absolute atomic E-state index is 12.2. The molecule has 112 valence electrons. The summed E-state index contributed by atoms with van der Waals surface area (Å²) in [6.07, 6.45) is 6.12. The zero-order chi connectivity index (χ0) is 13.7. The maximum atomic E-state index is 12.2. The second kappa shape index (κ2) is 8.50. The molecule has 1 aliphatic carbocycles. The third-order valence-corrected chi connectivity index (χ3v) is 4.11. The molecule has 0 spiro atoms. The van der Waals surface area contributed by atoms with E-state index in [4.69, 9.17) is 17.3 Å². The number of nitrogens with two attached hydrogens (primary N) is 1. The van der Waals surface area contributed by atoms with Gasteiger partial charge < -0.3 is 11.1 Å². The fourth-order valence-electron chi connectivity index (χ4n) is 2.79. The van der Waals surface area contributed by atoms with Crippen LogP contribution in [0.2, 0.25) is 5.02 Å². The van der Waals surface area contributed by atoms with Crippen LogP contribution in [-0.4, -0.2) is 18.5 Å². The highest BCUT2D eigenvalue weighted by Gasteiger charge is 2.24. The summed E-state index contributed by atoms with van der Waals surface area (Å²) in [4.78, 5) is 12.2. The van der Waals surface area contributed by atoms with E-state index in [0.717, 1.165) is 12.8 Å². The van der Waals surface area contributed by atoms with Crippen LogP contribution in [0.4, 0.5) is 0 Å². The second-order valence-corrected chi connectivity index (χ2v) is 5.66. The van der Waals surface area contributed by atoms with Gasteiger partial charge in [0, 0.05) is 23.2 Å². The lowest BCUT2D eigenvalue weighted by atomic mass is 9.84. The lowest BCUT2D eigenvalue weighted by molar-refractivity contribution is 0.0915. The van der Waals surface area contributed by atoms with Gasteiger partial charge in [0.15, 0.2) is 0 Å². The lowest BCUT2D eigenvalue weighted by Gasteiger charge is -2.30. The SMILES string of the molecule is Cl.NCC(NC(=O)c1cccc(Cl)c1)C1CCCCC1. The Balaban J connectivity index is 0.00000200. The van der Waals surface area contributed by atoms with E-state index in [1.54, 1.807) is 24.3 Å². The van der Waals surface area contributed by atoms with E-state index in [9.17, 15) is 4.79 Å². The van der Waals surface area contributed by atoms with Crippen LogP contribution in [0.1, 0.15) is 42.5 Å². The highest BCUT2D eigenvalue weighted by Crippen LogP contribution is 2.26. The molecule has 5 heteroatoms. The molecule has 1 saturated carbocycles. The molecular weight excluding hydrogens is 295 g/mol. The van der Waals surface area contributed by atoms with Crippen molar-refractivity contribution < 1.29 is 4.79 Å². The molecular formula is C15H22Cl2N2O. The Morgan fingerprint density at radius 3 is 2.65 bits per heavy atom. The summed E-state index contributed by atoms with van der Waals surface area (Å²) in [7, 11) is 0. The van der Waals surface area contributed by atoms with Gasteiger partial charge in [-0.25, -0.2) is 0 Å². The smallest absolute Gasteiger partial charge is 0.251 e. The predicted molar refractivity (Wildman–Crippen MR) is 85.6 cm³/mol. The zero-order valence-electron chi connectivity index (χ0n) is 11.5. The van der Waals surface area contributed by atoms with Gasteiger partial charge in [-0.2, -0.15) is 0 Å². The first-order chi connectivity index (χ1) is 9.20. The van der Waals surface area contributed by atoms with Gasteiger partial charge in [0.05, 0.1) is 0 Å². The van der Waals surface area contributed by atoms with Crippen LogP contribution in [0.25, 0.3) is 0 Å². The van der Waals surface area contributed by atoms with E-state index in [-0.39, 0.29) is 24.4 Å². The Morgan fingerprint density at radius 1 is 1.35 bits per heavy atom. The van der Waals surface area contributed by atoms with Gasteiger partial charge in [-0.15, -0.1) is 12.4 Å². The monoisotopic (exact) mass is 316 g/mol. The number of hydrogen-bond donors (Lipinski definition) is 2. The van der Waals surface area contributed by atoms with E-state index in [1.165, 1.54) is 19.3 Å². The van der Waals surface area contributed by atoms with Crippen molar-refractivity contribution in [2.45, 2.75) is 38.1 Å². The summed E-state index contributed by atoms with van der Waals surface area (Å²) < 4.78 is 0.